The van der Waals surface area contributed by atoms with Gasteiger partial charge in [-0.05, 0) is 32.9 Å². The molecule has 1 fully saturated rings. The molecule has 0 radical (unpaired) electrons. The lowest BCUT2D eigenvalue weighted by Gasteiger charge is -2.15. The summed E-state index contributed by atoms with van der Waals surface area (Å²) in [4.78, 5) is 27.6. The number of aromatic nitrogens is 3. The fourth-order valence-corrected chi connectivity index (χ4v) is 4.11. The Morgan fingerprint density at radius 3 is 2.87 bits per heavy atom. The van der Waals surface area contributed by atoms with Crippen LogP contribution in [0.4, 0.5) is 0 Å². The van der Waals surface area contributed by atoms with Gasteiger partial charge < -0.3 is 19.9 Å². The number of methoxy groups -OCH3 is 1. The first-order chi connectivity index (χ1) is 14.6. The van der Waals surface area contributed by atoms with Crippen LogP contribution in [0.25, 0.3) is 0 Å². The molecule has 0 aromatic carbocycles. The van der Waals surface area contributed by atoms with Crippen molar-refractivity contribution in [3.8, 4) is 0 Å². The Hall–Kier alpha value is -2.72. The van der Waals surface area contributed by atoms with Gasteiger partial charge in [-0.25, -0.2) is 0 Å². The van der Waals surface area contributed by atoms with Crippen molar-refractivity contribution in [2.75, 3.05) is 33.4 Å². The molecule has 30 heavy (non-hydrogen) atoms. The molecule has 4 rings (SSSR count). The van der Waals surface area contributed by atoms with Crippen LogP contribution in [-0.4, -0.2) is 71.0 Å². The number of nitrogens with one attached hydrogen (secondary N) is 2. The molecule has 162 valence electrons. The van der Waals surface area contributed by atoms with Crippen LogP contribution in [-0.2, 0) is 24.2 Å². The van der Waals surface area contributed by atoms with Crippen molar-refractivity contribution in [1.82, 2.24) is 30.5 Å². The van der Waals surface area contributed by atoms with Crippen LogP contribution in [0.2, 0.25) is 0 Å². The summed E-state index contributed by atoms with van der Waals surface area (Å²) >= 11 is 0. The van der Waals surface area contributed by atoms with E-state index < -0.39 is 0 Å². The van der Waals surface area contributed by atoms with Crippen LogP contribution in [0.1, 0.15) is 50.7 Å². The molecule has 10 heteroatoms. The topological polar surface area (TPSA) is 115 Å². The number of rotatable bonds is 8. The van der Waals surface area contributed by atoms with Gasteiger partial charge in [-0.2, -0.15) is 5.10 Å². The van der Waals surface area contributed by atoms with Gasteiger partial charge in [0.1, 0.15) is 5.76 Å². The second-order valence-electron chi connectivity index (χ2n) is 7.86. The zero-order valence-electron chi connectivity index (χ0n) is 17.4. The summed E-state index contributed by atoms with van der Waals surface area (Å²) < 4.78 is 12.0. The van der Waals surface area contributed by atoms with Crippen LogP contribution in [0, 0.1) is 6.92 Å². The lowest BCUT2D eigenvalue weighted by molar-refractivity contribution is 0.0923. The first kappa shape index (κ1) is 20.5. The molecule has 2 N–H and O–H groups in total. The smallest absolute Gasteiger partial charge is 0.274 e. The van der Waals surface area contributed by atoms with Crippen molar-refractivity contribution >= 4 is 11.8 Å². The molecule has 2 aliphatic rings. The van der Waals surface area contributed by atoms with E-state index in [0.29, 0.717) is 49.7 Å². The highest BCUT2D eigenvalue weighted by atomic mass is 16.5. The molecule has 10 nitrogen and oxygen atoms in total. The first-order valence-corrected chi connectivity index (χ1v) is 10.4. The van der Waals surface area contributed by atoms with Gasteiger partial charge in [-0.1, -0.05) is 5.16 Å². The maximum atomic E-state index is 12.9. The average Bonchev–Trinajstić information content (AvgIpc) is 3.48. The summed E-state index contributed by atoms with van der Waals surface area (Å²) in [5.74, 6) is 0.254. The Kier molecular flexibility index (Phi) is 6.14. The van der Waals surface area contributed by atoms with Gasteiger partial charge in [0.2, 0.25) is 0 Å². The SMILES string of the molecule is COCCNC(=O)c1cnn2c1C[C@H](NC(=O)c1noc(C)c1CN1CCCC1)C2. The molecule has 1 saturated heterocycles. The minimum absolute atomic E-state index is 0.150. The Bertz CT molecular complexity index is 915. The molecule has 0 saturated carbocycles. The minimum atomic E-state index is -0.247. The molecule has 0 aliphatic carbocycles. The van der Waals surface area contributed by atoms with E-state index in [1.54, 1.807) is 18.0 Å². The summed E-state index contributed by atoms with van der Waals surface area (Å²) in [5, 5.41) is 14.2. The quantitative estimate of drug-likeness (QED) is 0.603. The molecule has 0 unspecified atom stereocenters. The minimum Gasteiger partial charge on any atom is -0.383 e. The summed E-state index contributed by atoms with van der Waals surface area (Å²) in [6.07, 6.45) is 4.48. The number of amides is 2. The molecule has 1 atom stereocenters. The fraction of sp³-hybridized carbons (Fsp3) is 0.600. The Balaban J connectivity index is 1.38. The maximum Gasteiger partial charge on any atom is 0.274 e. The van der Waals surface area contributed by atoms with Gasteiger partial charge in [0.05, 0.1) is 36.6 Å². The molecule has 0 spiro atoms. The van der Waals surface area contributed by atoms with E-state index in [4.69, 9.17) is 9.26 Å². The highest BCUT2D eigenvalue weighted by Crippen LogP contribution is 2.22. The zero-order chi connectivity index (χ0) is 21.1. The third-order valence-corrected chi connectivity index (χ3v) is 5.73. The molecular weight excluding hydrogens is 388 g/mol. The van der Waals surface area contributed by atoms with E-state index >= 15 is 0 Å². The number of carbonyl (C=O) groups is 2. The van der Waals surface area contributed by atoms with Crippen molar-refractivity contribution in [3.05, 3.63) is 34.5 Å². The molecule has 2 amide bonds. The summed E-state index contributed by atoms with van der Waals surface area (Å²) in [6, 6.07) is -0.150. The molecule has 2 aromatic rings. The molecule has 4 heterocycles. The molecule has 2 aromatic heterocycles. The van der Waals surface area contributed by atoms with Gasteiger partial charge in [0, 0.05) is 32.2 Å². The molecular formula is C20H28N6O4. The Labute approximate surface area is 174 Å². The van der Waals surface area contributed by atoms with Crippen molar-refractivity contribution in [2.45, 2.75) is 45.3 Å². The summed E-state index contributed by atoms with van der Waals surface area (Å²) in [5.41, 5.74) is 2.56. The number of nitrogens with zero attached hydrogens (tertiary/aromatic N) is 4. The van der Waals surface area contributed by atoms with Gasteiger partial charge >= 0.3 is 0 Å². The number of aryl methyl sites for hydroxylation is 1. The van der Waals surface area contributed by atoms with Crippen LogP contribution >= 0.6 is 0 Å². The summed E-state index contributed by atoms with van der Waals surface area (Å²) in [6.45, 7) is 5.99. The third-order valence-electron chi connectivity index (χ3n) is 5.73. The Morgan fingerprint density at radius 2 is 2.10 bits per heavy atom. The third kappa shape index (κ3) is 4.24. The summed E-state index contributed by atoms with van der Waals surface area (Å²) in [7, 11) is 1.59. The fourth-order valence-electron chi connectivity index (χ4n) is 4.11. The van der Waals surface area contributed by atoms with E-state index in [9.17, 15) is 9.59 Å². The second-order valence-corrected chi connectivity index (χ2v) is 7.86. The van der Waals surface area contributed by atoms with Gasteiger partial charge in [0.25, 0.3) is 11.8 Å². The predicted octanol–water partition coefficient (Wildman–Crippen LogP) is 0.506. The number of fused-ring (bicyclic) bond motifs is 1. The first-order valence-electron chi connectivity index (χ1n) is 10.4. The van der Waals surface area contributed by atoms with Crippen LogP contribution < -0.4 is 10.6 Å². The lowest BCUT2D eigenvalue weighted by Crippen LogP contribution is -2.37. The van der Waals surface area contributed by atoms with Crippen LogP contribution in [0.3, 0.4) is 0 Å². The van der Waals surface area contributed by atoms with Crippen LogP contribution in [0.15, 0.2) is 10.7 Å². The predicted molar refractivity (Wildman–Crippen MR) is 107 cm³/mol. The van der Waals surface area contributed by atoms with E-state index in [2.05, 4.69) is 25.8 Å². The van der Waals surface area contributed by atoms with Crippen molar-refractivity contribution < 1.29 is 18.8 Å². The van der Waals surface area contributed by atoms with E-state index in [1.807, 2.05) is 6.92 Å². The van der Waals surface area contributed by atoms with E-state index in [1.165, 1.54) is 12.8 Å². The monoisotopic (exact) mass is 416 g/mol. The van der Waals surface area contributed by atoms with Gasteiger partial charge in [-0.15, -0.1) is 0 Å². The zero-order valence-corrected chi connectivity index (χ0v) is 17.4. The van der Waals surface area contributed by atoms with Crippen molar-refractivity contribution in [3.63, 3.8) is 0 Å². The number of likely N-dealkylation sites (tertiary alicyclic amines) is 1. The van der Waals surface area contributed by atoms with Crippen LogP contribution in [0.5, 0.6) is 0 Å². The van der Waals surface area contributed by atoms with Gasteiger partial charge in [0.15, 0.2) is 5.69 Å². The lowest BCUT2D eigenvalue weighted by atomic mass is 10.1. The number of carbonyl (C=O) groups excluding carboxylic acids is 2. The number of hydrogen-bond donors (Lipinski definition) is 2. The Morgan fingerprint density at radius 1 is 1.30 bits per heavy atom. The van der Waals surface area contributed by atoms with Crippen molar-refractivity contribution in [2.24, 2.45) is 0 Å². The molecule has 2 aliphatic heterocycles. The van der Waals surface area contributed by atoms with Crippen molar-refractivity contribution in [1.29, 1.82) is 0 Å². The number of hydrogen-bond acceptors (Lipinski definition) is 7. The average molecular weight is 416 g/mol. The largest absolute Gasteiger partial charge is 0.383 e. The van der Waals surface area contributed by atoms with E-state index in [0.717, 1.165) is 24.3 Å². The second kappa shape index (κ2) is 8.97. The highest BCUT2D eigenvalue weighted by molar-refractivity contribution is 5.95. The number of ether oxygens (including phenoxy) is 1. The maximum absolute atomic E-state index is 12.9. The molecule has 0 bridgehead atoms. The highest BCUT2D eigenvalue weighted by Gasteiger charge is 2.31. The van der Waals surface area contributed by atoms with Gasteiger partial charge in [-0.3, -0.25) is 19.2 Å². The normalized spacial score (nSPS) is 18.5. The standard InChI is InChI=1S/C20H28N6O4/c1-13-16(12-25-6-3-4-7-25)18(24-30-13)20(28)23-14-9-17-15(10-22-26(17)11-14)19(27)21-5-8-29-2/h10,14H,3-9,11-12H2,1-2H3,(H,21,27)(H,23,28)/t14-/m0/s1. The van der Waals surface area contributed by atoms with E-state index in [-0.39, 0.29) is 17.9 Å².